The largest absolute Gasteiger partial charge is 0.497 e. The van der Waals surface area contributed by atoms with Gasteiger partial charge in [0.15, 0.2) is 0 Å². The van der Waals surface area contributed by atoms with Crippen molar-refractivity contribution in [1.29, 1.82) is 0 Å². The van der Waals surface area contributed by atoms with E-state index in [1.165, 1.54) is 4.31 Å². The fourth-order valence-corrected chi connectivity index (χ4v) is 5.63. The predicted molar refractivity (Wildman–Crippen MR) is 148 cm³/mol. The van der Waals surface area contributed by atoms with Crippen molar-refractivity contribution in [2.45, 2.75) is 58.2 Å². The zero-order valence-electron chi connectivity index (χ0n) is 22.0. The van der Waals surface area contributed by atoms with Crippen LogP contribution < -0.4 is 15.8 Å². The van der Waals surface area contributed by atoms with E-state index in [0.717, 1.165) is 16.9 Å². The van der Waals surface area contributed by atoms with Crippen LogP contribution in [0.5, 0.6) is 5.75 Å². The second-order valence-electron chi connectivity index (χ2n) is 8.97. The van der Waals surface area contributed by atoms with Crippen LogP contribution in [-0.4, -0.2) is 63.3 Å². The van der Waals surface area contributed by atoms with E-state index in [9.17, 15) is 13.2 Å². The molecule has 37 heavy (non-hydrogen) atoms. The van der Waals surface area contributed by atoms with Gasteiger partial charge in [0.25, 0.3) is 0 Å². The molecule has 0 saturated carbocycles. The van der Waals surface area contributed by atoms with E-state index in [1.54, 1.807) is 19.2 Å². The Balaban J connectivity index is 2.03. The predicted octanol–water partition coefficient (Wildman–Crippen LogP) is 3.76. The van der Waals surface area contributed by atoms with E-state index >= 15 is 0 Å². The number of methoxy groups -OCH3 is 1. The summed E-state index contributed by atoms with van der Waals surface area (Å²) < 4.78 is 37.9. The normalized spacial score (nSPS) is 13.4. The Hall–Kier alpha value is -2.17. The van der Waals surface area contributed by atoms with Gasteiger partial charge in [0.2, 0.25) is 10.0 Å². The number of nitrogens with one attached hydrogen (secondary N) is 1. The zero-order chi connectivity index (χ0) is 27.3. The SMILES string of the molecule is CCCN(CCC)S(=O)(=O)CCC(=O)O[C@H](CNCc1cccc(OC)c1)[C@@H](N)Cc1ccc(Cl)cc1. The highest BCUT2D eigenvalue weighted by Crippen LogP contribution is 2.15. The monoisotopic (exact) mass is 553 g/mol. The topological polar surface area (TPSA) is 111 Å². The molecule has 0 bridgehead atoms. The number of hydrogen-bond acceptors (Lipinski definition) is 7. The first-order valence-corrected chi connectivity index (χ1v) is 14.7. The molecule has 0 spiro atoms. The van der Waals surface area contributed by atoms with Gasteiger partial charge < -0.3 is 20.5 Å². The minimum Gasteiger partial charge on any atom is -0.497 e. The third-order valence-electron chi connectivity index (χ3n) is 5.86. The van der Waals surface area contributed by atoms with Gasteiger partial charge in [-0.05, 0) is 54.7 Å². The Bertz CT molecular complexity index is 1060. The molecular weight excluding hydrogens is 514 g/mol. The number of rotatable bonds is 17. The van der Waals surface area contributed by atoms with Crippen molar-refractivity contribution in [3.8, 4) is 5.75 Å². The standard InChI is InChI=1S/C27H40ClN3O5S/c1-4-14-31(15-5-2)37(33,34)16-13-27(32)36-26(25(29)18-21-9-11-23(28)12-10-21)20-30-19-22-7-6-8-24(17-22)35-3/h6-12,17,25-26,30H,4-5,13-16,18-20,29H2,1-3H3/t25-,26+/m0/s1. The molecule has 2 atom stereocenters. The quantitative estimate of drug-likeness (QED) is 0.287. The molecule has 0 aliphatic rings. The highest BCUT2D eigenvalue weighted by Gasteiger charge is 2.26. The number of hydrogen-bond donors (Lipinski definition) is 2. The number of benzene rings is 2. The molecule has 2 rings (SSSR count). The van der Waals surface area contributed by atoms with E-state index in [-0.39, 0.29) is 12.2 Å². The van der Waals surface area contributed by atoms with Crippen molar-refractivity contribution in [2.75, 3.05) is 32.5 Å². The maximum atomic E-state index is 12.7. The van der Waals surface area contributed by atoms with E-state index in [2.05, 4.69) is 5.32 Å². The molecule has 0 radical (unpaired) electrons. The van der Waals surface area contributed by atoms with Gasteiger partial charge in [-0.2, -0.15) is 0 Å². The van der Waals surface area contributed by atoms with Gasteiger partial charge >= 0.3 is 5.97 Å². The van der Waals surface area contributed by atoms with Gasteiger partial charge in [-0.1, -0.05) is 49.7 Å². The fourth-order valence-electron chi connectivity index (χ4n) is 3.90. The van der Waals surface area contributed by atoms with Crippen LogP contribution in [0.2, 0.25) is 5.02 Å². The van der Waals surface area contributed by atoms with Crippen LogP contribution >= 0.6 is 11.6 Å². The maximum Gasteiger partial charge on any atom is 0.307 e. The van der Waals surface area contributed by atoms with Crippen LogP contribution in [0.3, 0.4) is 0 Å². The molecule has 206 valence electrons. The van der Waals surface area contributed by atoms with Crippen LogP contribution in [0.4, 0.5) is 0 Å². The second-order valence-corrected chi connectivity index (χ2v) is 11.5. The van der Waals surface area contributed by atoms with Crippen molar-refractivity contribution in [3.63, 3.8) is 0 Å². The fraction of sp³-hybridized carbons (Fsp3) is 0.519. The van der Waals surface area contributed by atoms with Gasteiger partial charge in [0.1, 0.15) is 11.9 Å². The minimum absolute atomic E-state index is 0.230. The first-order chi connectivity index (χ1) is 17.7. The number of halogens is 1. The van der Waals surface area contributed by atoms with Crippen LogP contribution in [0.1, 0.15) is 44.2 Å². The highest BCUT2D eigenvalue weighted by molar-refractivity contribution is 7.89. The molecule has 2 aromatic rings. The molecule has 8 nitrogen and oxygen atoms in total. The summed E-state index contributed by atoms with van der Waals surface area (Å²) in [5, 5.41) is 3.92. The van der Waals surface area contributed by atoms with Gasteiger partial charge in [-0.3, -0.25) is 4.79 Å². The van der Waals surface area contributed by atoms with Gasteiger partial charge in [0.05, 0.1) is 19.3 Å². The van der Waals surface area contributed by atoms with Crippen molar-refractivity contribution in [3.05, 3.63) is 64.7 Å². The number of nitrogens with two attached hydrogens (primary N) is 1. The molecule has 0 heterocycles. The molecule has 2 aromatic carbocycles. The summed E-state index contributed by atoms with van der Waals surface area (Å²) in [6, 6.07) is 14.5. The first-order valence-electron chi connectivity index (χ1n) is 12.7. The lowest BCUT2D eigenvalue weighted by molar-refractivity contribution is -0.149. The Morgan fingerprint density at radius 1 is 1.08 bits per heavy atom. The number of nitrogens with zero attached hydrogens (tertiary/aromatic N) is 1. The van der Waals surface area contributed by atoms with Crippen LogP contribution in [0.25, 0.3) is 0 Å². The molecule has 3 N–H and O–H groups in total. The lowest BCUT2D eigenvalue weighted by atomic mass is 10.0. The second kappa shape index (κ2) is 15.9. The summed E-state index contributed by atoms with van der Waals surface area (Å²) in [7, 11) is -1.94. The smallest absolute Gasteiger partial charge is 0.307 e. The van der Waals surface area contributed by atoms with E-state index in [1.807, 2.05) is 50.2 Å². The average Bonchev–Trinajstić information content (AvgIpc) is 2.88. The van der Waals surface area contributed by atoms with Crippen LogP contribution in [-0.2, 0) is 32.5 Å². The van der Waals surface area contributed by atoms with Crippen molar-refractivity contribution in [1.82, 2.24) is 9.62 Å². The minimum atomic E-state index is -3.55. The molecule has 0 aliphatic heterocycles. The third kappa shape index (κ3) is 11.0. The summed E-state index contributed by atoms with van der Waals surface area (Å²) in [6.07, 6.45) is 1.01. The lowest BCUT2D eigenvalue weighted by Crippen LogP contribution is -2.46. The summed E-state index contributed by atoms with van der Waals surface area (Å²) >= 11 is 5.99. The summed E-state index contributed by atoms with van der Waals surface area (Å²) in [5.41, 5.74) is 8.44. The number of ether oxygens (including phenoxy) is 2. The maximum absolute atomic E-state index is 12.7. The van der Waals surface area contributed by atoms with E-state index in [0.29, 0.717) is 50.5 Å². The van der Waals surface area contributed by atoms with Crippen molar-refractivity contribution < 1.29 is 22.7 Å². The average molecular weight is 554 g/mol. The van der Waals surface area contributed by atoms with Crippen molar-refractivity contribution in [2.24, 2.45) is 5.73 Å². The van der Waals surface area contributed by atoms with E-state index < -0.39 is 28.1 Å². The molecular formula is C27H40ClN3O5S. The number of carbonyl (C=O) groups is 1. The molecule has 0 saturated heterocycles. The van der Waals surface area contributed by atoms with Gasteiger partial charge in [0, 0.05) is 37.2 Å². The lowest BCUT2D eigenvalue weighted by Gasteiger charge is -2.25. The Morgan fingerprint density at radius 2 is 1.76 bits per heavy atom. The molecule has 0 unspecified atom stereocenters. The van der Waals surface area contributed by atoms with Gasteiger partial charge in [-0.25, -0.2) is 12.7 Å². The molecule has 0 aliphatic carbocycles. The van der Waals surface area contributed by atoms with E-state index in [4.69, 9.17) is 26.8 Å². The van der Waals surface area contributed by atoms with Crippen LogP contribution in [0.15, 0.2) is 48.5 Å². The zero-order valence-corrected chi connectivity index (χ0v) is 23.6. The summed E-state index contributed by atoms with van der Waals surface area (Å²) in [5.74, 6) is -0.123. The molecule has 0 aromatic heterocycles. The first kappa shape index (κ1) is 31.1. The summed E-state index contributed by atoms with van der Waals surface area (Å²) in [6.45, 7) is 5.57. The Morgan fingerprint density at radius 3 is 2.38 bits per heavy atom. The molecule has 0 fully saturated rings. The highest BCUT2D eigenvalue weighted by atomic mass is 35.5. The van der Waals surface area contributed by atoms with Crippen molar-refractivity contribution >= 4 is 27.6 Å². The summed E-state index contributed by atoms with van der Waals surface area (Å²) in [4.78, 5) is 12.7. The Kier molecular flexibility index (Phi) is 13.4. The number of esters is 1. The molecule has 0 amide bonds. The molecule has 10 heteroatoms. The van der Waals surface area contributed by atoms with Gasteiger partial charge in [-0.15, -0.1) is 0 Å². The Labute approximate surface area is 226 Å². The number of carbonyl (C=O) groups excluding carboxylic acids is 1. The number of sulfonamides is 1. The van der Waals surface area contributed by atoms with Crippen LogP contribution in [0, 0.1) is 0 Å². The third-order valence-corrected chi connectivity index (χ3v) is 7.98.